The summed E-state index contributed by atoms with van der Waals surface area (Å²) in [6.07, 6.45) is 0. The zero-order valence-corrected chi connectivity index (χ0v) is 25.3. The first-order valence-electron chi connectivity index (χ1n) is 12.6. The average molecular weight is 633 g/mol. The maximum atomic E-state index is 13.5. The number of aliphatic imine (C=N–C) groups is 1. The summed E-state index contributed by atoms with van der Waals surface area (Å²) < 4.78 is 56.1. The van der Waals surface area contributed by atoms with Crippen LogP contribution in [0.5, 0.6) is 0 Å². The molecule has 4 aromatic carbocycles. The van der Waals surface area contributed by atoms with Crippen molar-refractivity contribution < 1.29 is 16.8 Å². The summed E-state index contributed by atoms with van der Waals surface area (Å²) in [6.45, 7) is 0. The van der Waals surface area contributed by atoms with E-state index >= 15 is 0 Å². The molecule has 212 valence electrons. The normalized spacial score (nSPS) is 12.2. The van der Waals surface area contributed by atoms with Gasteiger partial charge in [-0.1, -0.05) is 97.1 Å². The van der Waals surface area contributed by atoms with Gasteiger partial charge in [0.1, 0.15) is 23.4 Å². The highest BCUT2D eigenvalue weighted by atomic mass is 32.2. The Hall–Kier alpha value is -4.10. The van der Waals surface area contributed by atoms with Gasteiger partial charge in [-0.15, -0.1) is 0 Å². The molecule has 0 saturated heterocycles. The van der Waals surface area contributed by atoms with E-state index in [2.05, 4.69) is 9.98 Å². The van der Waals surface area contributed by atoms with Crippen molar-refractivity contribution in [1.82, 2.24) is 14.1 Å². The minimum atomic E-state index is -3.88. The van der Waals surface area contributed by atoms with Crippen LogP contribution in [0.2, 0.25) is 0 Å². The number of sulfone groups is 2. The third-order valence-electron chi connectivity index (χ3n) is 6.23. The molecule has 0 aliphatic rings. The number of rotatable bonds is 8. The van der Waals surface area contributed by atoms with Crippen molar-refractivity contribution in [2.45, 2.75) is 15.7 Å². The highest BCUT2D eigenvalue weighted by Crippen LogP contribution is 2.22. The van der Waals surface area contributed by atoms with Crippen molar-refractivity contribution in [1.29, 1.82) is 0 Å². The van der Waals surface area contributed by atoms with E-state index in [0.29, 0.717) is 11.1 Å². The standard InChI is InChI=1S/C30H24N4O4S4/c35-41(36,25-17-9-3-10-18-25)21-31-27(23-13-5-1-6-14-23)34-29(39)32-28(24-15-7-2-8-16-24)33(30(34)40)22-42(37,38)26-19-11-4-12-20-26/h1-20H,21-22H2. The van der Waals surface area contributed by atoms with E-state index in [-0.39, 0.29) is 31.0 Å². The molecule has 42 heavy (non-hydrogen) atoms. The summed E-state index contributed by atoms with van der Waals surface area (Å²) in [4.78, 5) is 9.33. The fourth-order valence-corrected chi connectivity index (χ4v) is 7.24. The lowest BCUT2D eigenvalue weighted by atomic mass is 10.2. The molecule has 0 radical (unpaired) electrons. The molecule has 5 aromatic rings. The Labute approximate surface area is 254 Å². The van der Waals surface area contributed by atoms with Crippen LogP contribution in [0.15, 0.2) is 136 Å². The smallest absolute Gasteiger partial charge is 0.209 e. The number of benzene rings is 4. The largest absolute Gasteiger partial charge is 0.287 e. The van der Waals surface area contributed by atoms with E-state index in [0.717, 1.165) is 0 Å². The summed E-state index contributed by atoms with van der Waals surface area (Å²) in [5.74, 6) is -0.748. The molecule has 0 amide bonds. The van der Waals surface area contributed by atoms with Gasteiger partial charge < -0.3 is 0 Å². The average Bonchev–Trinajstić information content (AvgIpc) is 3.01. The van der Waals surface area contributed by atoms with Gasteiger partial charge in [-0.25, -0.2) is 26.4 Å². The number of hydrogen-bond donors (Lipinski definition) is 0. The van der Waals surface area contributed by atoms with Gasteiger partial charge in [0.2, 0.25) is 4.77 Å². The van der Waals surface area contributed by atoms with Gasteiger partial charge in [0.25, 0.3) is 0 Å². The first-order chi connectivity index (χ1) is 20.2. The van der Waals surface area contributed by atoms with Crippen molar-refractivity contribution in [3.63, 3.8) is 0 Å². The quantitative estimate of drug-likeness (QED) is 0.118. The van der Waals surface area contributed by atoms with Gasteiger partial charge in [0, 0.05) is 11.1 Å². The summed E-state index contributed by atoms with van der Waals surface area (Å²) in [5.41, 5.74) is 1.13. The molecule has 0 aliphatic carbocycles. The van der Waals surface area contributed by atoms with E-state index in [9.17, 15) is 16.8 Å². The van der Waals surface area contributed by atoms with Crippen molar-refractivity contribution in [2.75, 3.05) is 5.88 Å². The van der Waals surface area contributed by atoms with Gasteiger partial charge in [-0.05, 0) is 48.7 Å². The van der Waals surface area contributed by atoms with Crippen molar-refractivity contribution in [2.24, 2.45) is 4.99 Å². The molecule has 8 nitrogen and oxygen atoms in total. The van der Waals surface area contributed by atoms with E-state index in [1.807, 2.05) is 6.07 Å². The molecule has 0 aliphatic heterocycles. The second-order valence-electron chi connectivity index (χ2n) is 9.09. The van der Waals surface area contributed by atoms with Crippen LogP contribution in [0.1, 0.15) is 5.56 Å². The van der Waals surface area contributed by atoms with Crippen LogP contribution in [0.25, 0.3) is 11.4 Å². The molecule has 0 unspecified atom stereocenters. The van der Waals surface area contributed by atoms with E-state index in [4.69, 9.17) is 24.4 Å². The fourth-order valence-electron chi connectivity index (χ4n) is 4.20. The topological polar surface area (TPSA) is 103 Å². The monoisotopic (exact) mass is 632 g/mol. The Kier molecular flexibility index (Phi) is 8.69. The fraction of sp³-hybridized carbons (Fsp3) is 0.0667. The molecule has 5 rings (SSSR count). The zero-order valence-electron chi connectivity index (χ0n) is 22.0. The first kappa shape index (κ1) is 29.4. The van der Waals surface area contributed by atoms with Crippen molar-refractivity contribution >= 4 is 49.9 Å². The summed E-state index contributed by atoms with van der Waals surface area (Å²) in [7, 11) is -7.70. The molecule has 12 heteroatoms. The van der Waals surface area contributed by atoms with Crippen LogP contribution in [0.3, 0.4) is 0 Å². The van der Waals surface area contributed by atoms with Crippen molar-refractivity contribution in [3.05, 3.63) is 136 Å². The molecular formula is C30H24N4O4S4. The first-order valence-corrected chi connectivity index (χ1v) is 16.7. The Morgan fingerprint density at radius 3 is 1.69 bits per heavy atom. The van der Waals surface area contributed by atoms with Gasteiger partial charge in [-0.3, -0.25) is 9.56 Å². The highest BCUT2D eigenvalue weighted by Gasteiger charge is 2.22. The minimum absolute atomic E-state index is 0.00642. The Balaban J connectivity index is 1.74. The molecule has 0 spiro atoms. The lowest BCUT2D eigenvalue weighted by Crippen LogP contribution is -2.25. The predicted molar refractivity (Wildman–Crippen MR) is 168 cm³/mol. The SMILES string of the molecule is O=S(=O)(CN=C(c1ccccc1)n1c(=S)nc(-c2ccccc2)n(CS(=O)(=O)c2ccccc2)c1=S)c1ccccc1. The molecule has 1 aromatic heterocycles. The van der Waals surface area contributed by atoms with Gasteiger partial charge in [-0.2, -0.15) is 0 Å². The molecule has 0 bridgehead atoms. The Morgan fingerprint density at radius 1 is 0.667 bits per heavy atom. The highest BCUT2D eigenvalue weighted by molar-refractivity contribution is 7.91. The number of nitrogens with zero attached hydrogens (tertiary/aromatic N) is 4. The third kappa shape index (κ3) is 6.36. The Morgan fingerprint density at radius 2 is 1.14 bits per heavy atom. The van der Waals surface area contributed by atoms with Crippen LogP contribution in [-0.4, -0.2) is 42.7 Å². The second-order valence-corrected chi connectivity index (χ2v) is 13.7. The van der Waals surface area contributed by atoms with Gasteiger partial charge in [0.05, 0.1) is 9.79 Å². The van der Waals surface area contributed by atoms with E-state index in [1.165, 1.54) is 33.4 Å². The second kappa shape index (κ2) is 12.4. The summed E-state index contributed by atoms with van der Waals surface area (Å²) >= 11 is 11.6. The van der Waals surface area contributed by atoms with Crippen LogP contribution >= 0.6 is 24.4 Å². The lowest BCUT2D eigenvalue weighted by Gasteiger charge is -2.19. The third-order valence-corrected chi connectivity index (χ3v) is 9.96. The minimum Gasteiger partial charge on any atom is -0.287 e. The summed E-state index contributed by atoms with van der Waals surface area (Å²) in [5, 5.41) is 0. The molecule has 0 saturated carbocycles. The van der Waals surface area contributed by atoms with Crippen LogP contribution in [-0.2, 0) is 25.6 Å². The van der Waals surface area contributed by atoms with Crippen LogP contribution < -0.4 is 0 Å². The van der Waals surface area contributed by atoms with E-state index < -0.39 is 31.4 Å². The number of hydrogen-bond acceptors (Lipinski definition) is 8. The van der Waals surface area contributed by atoms with Gasteiger partial charge in [0.15, 0.2) is 24.4 Å². The van der Waals surface area contributed by atoms with Crippen molar-refractivity contribution in [3.8, 4) is 11.4 Å². The molecule has 1 heterocycles. The lowest BCUT2D eigenvalue weighted by molar-refractivity contribution is 0.579. The molecule has 0 atom stereocenters. The molecule has 0 N–H and O–H groups in total. The zero-order chi connectivity index (χ0) is 29.7. The summed E-state index contributed by atoms with van der Waals surface area (Å²) in [6, 6.07) is 33.8. The van der Waals surface area contributed by atoms with E-state index in [1.54, 1.807) is 91.0 Å². The maximum absolute atomic E-state index is 13.5. The Bertz CT molecular complexity index is 2080. The van der Waals surface area contributed by atoms with Gasteiger partial charge >= 0.3 is 0 Å². The molecule has 0 fully saturated rings. The van der Waals surface area contributed by atoms with Crippen LogP contribution in [0.4, 0.5) is 0 Å². The van der Waals surface area contributed by atoms with Crippen LogP contribution in [0, 0.1) is 9.54 Å². The predicted octanol–water partition coefficient (Wildman–Crippen LogP) is 5.97. The molecular weight excluding hydrogens is 609 g/mol. The number of aromatic nitrogens is 3. The maximum Gasteiger partial charge on any atom is 0.209 e.